The Morgan fingerprint density at radius 2 is 1.67 bits per heavy atom. The van der Waals surface area contributed by atoms with Gasteiger partial charge in [0.05, 0.1) is 6.54 Å². The van der Waals surface area contributed by atoms with Crippen LogP contribution in [0.2, 0.25) is 0 Å². The van der Waals surface area contributed by atoms with E-state index >= 15 is 0 Å². The lowest BCUT2D eigenvalue weighted by molar-refractivity contribution is -0.130. The van der Waals surface area contributed by atoms with E-state index in [0.29, 0.717) is 0 Å². The first-order chi connectivity index (χ1) is 8.31. The fourth-order valence-electron chi connectivity index (χ4n) is 1.61. The number of amides is 1. The molecular weight excluding hydrogens is 232 g/mol. The highest BCUT2D eigenvalue weighted by atomic mass is 16.3. The lowest BCUT2D eigenvalue weighted by Gasteiger charge is -2.26. The topological polar surface area (TPSA) is 64.0 Å². The molecule has 5 nitrogen and oxygen atoms in total. The number of nitrogens with zero attached hydrogens (tertiary/aromatic N) is 2. The molecule has 0 aliphatic carbocycles. The van der Waals surface area contributed by atoms with E-state index < -0.39 is 0 Å². The molecule has 18 heavy (non-hydrogen) atoms. The number of phenolic OH excluding ortho intramolecular Hbond substituents is 2. The summed E-state index contributed by atoms with van der Waals surface area (Å²) in [6.45, 7) is 2.20. The zero-order valence-electron chi connectivity index (χ0n) is 11.2. The van der Waals surface area contributed by atoms with Gasteiger partial charge in [-0.1, -0.05) is 0 Å². The van der Waals surface area contributed by atoms with E-state index in [1.807, 2.05) is 18.9 Å². The summed E-state index contributed by atoms with van der Waals surface area (Å²) in [4.78, 5) is 15.0. The van der Waals surface area contributed by atoms with Crippen molar-refractivity contribution < 1.29 is 15.0 Å². The fourth-order valence-corrected chi connectivity index (χ4v) is 1.61. The third-order valence-corrected chi connectivity index (χ3v) is 2.95. The average Bonchev–Trinajstić information content (AvgIpc) is 2.26. The average molecular weight is 252 g/mol. The number of aromatic hydroxyl groups is 2. The Labute approximate surface area is 107 Å². The molecule has 0 spiro atoms. The van der Waals surface area contributed by atoms with Crippen LogP contribution in [0.3, 0.4) is 0 Å². The van der Waals surface area contributed by atoms with Crippen LogP contribution in [-0.4, -0.2) is 53.6 Å². The molecule has 0 aliphatic rings. The number of hydrogen-bond acceptors (Lipinski definition) is 4. The van der Waals surface area contributed by atoms with Crippen molar-refractivity contribution in [3.05, 3.63) is 23.8 Å². The summed E-state index contributed by atoms with van der Waals surface area (Å²) in [5.41, 5.74) is 0.765. The molecule has 0 radical (unpaired) electrons. The van der Waals surface area contributed by atoms with E-state index in [4.69, 9.17) is 0 Å². The molecule has 0 saturated carbocycles. The first-order valence-electron chi connectivity index (χ1n) is 5.74. The van der Waals surface area contributed by atoms with Gasteiger partial charge in [0.25, 0.3) is 0 Å². The molecule has 0 saturated heterocycles. The van der Waals surface area contributed by atoms with Crippen LogP contribution < -0.4 is 0 Å². The van der Waals surface area contributed by atoms with Gasteiger partial charge in [-0.3, -0.25) is 9.69 Å². The molecule has 1 atom stereocenters. The zero-order valence-corrected chi connectivity index (χ0v) is 11.2. The standard InChI is InChI=1S/C13H20N2O3/c1-9(15(4)8-13(18)14(2)3)10-5-11(16)7-12(17)6-10/h5-7,9,16-17H,8H2,1-4H3. The molecule has 0 fully saturated rings. The quantitative estimate of drug-likeness (QED) is 0.844. The summed E-state index contributed by atoms with van der Waals surface area (Å²) < 4.78 is 0. The Morgan fingerprint density at radius 1 is 1.17 bits per heavy atom. The van der Waals surface area contributed by atoms with Crippen molar-refractivity contribution in [1.29, 1.82) is 0 Å². The summed E-state index contributed by atoms with van der Waals surface area (Å²) in [6, 6.07) is 4.37. The molecule has 1 amide bonds. The largest absolute Gasteiger partial charge is 0.508 e. The summed E-state index contributed by atoms with van der Waals surface area (Å²) >= 11 is 0. The predicted octanol–water partition coefficient (Wildman–Crippen LogP) is 1.18. The lowest BCUT2D eigenvalue weighted by atomic mass is 10.1. The van der Waals surface area contributed by atoms with Crippen LogP contribution in [0.15, 0.2) is 18.2 Å². The van der Waals surface area contributed by atoms with Crippen LogP contribution in [0.25, 0.3) is 0 Å². The van der Waals surface area contributed by atoms with Crippen molar-refractivity contribution in [2.45, 2.75) is 13.0 Å². The van der Waals surface area contributed by atoms with Crippen molar-refractivity contribution in [3.63, 3.8) is 0 Å². The molecule has 1 unspecified atom stereocenters. The second-order valence-electron chi connectivity index (χ2n) is 4.66. The Bertz CT molecular complexity index is 412. The monoisotopic (exact) mass is 252 g/mol. The van der Waals surface area contributed by atoms with Gasteiger partial charge < -0.3 is 15.1 Å². The highest BCUT2D eigenvalue weighted by Crippen LogP contribution is 2.27. The summed E-state index contributed by atoms with van der Waals surface area (Å²) in [5.74, 6) is 0.0436. The molecule has 1 aromatic rings. The van der Waals surface area contributed by atoms with Crippen LogP contribution >= 0.6 is 0 Å². The predicted molar refractivity (Wildman–Crippen MR) is 69.5 cm³/mol. The zero-order chi connectivity index (χ0) is 13.9. The Morgan fingerprint density at radius 3 is 2.11 bits per heavy atom. The third kappa shape index (κ3) is 3.63. The van der Waals surface area contributed by atoms with Gasteiger partial charge in [0.2, 0.25) is 5.91 Å². The van der Waals surface area contributed by atoms with Gasteiger partial charge in [-0.2, -0.15) is 0 Å². The van der Waals surface area contributed by atoms with Gasteiger partial charge in [-0.25, -0.2) is 0 Å². The lowest BCUT2D eigenvalue weighted by Crippen LogP contribution is -2.35. The maximum atomic E-state index is 11.6. The van der Waals surface area contributed by atoms with Crippen LogP contribution in [0.5, 0.6) is 11.5 Å². The summed E-state index contributed by atoms with van der Waals surface area (Å²) in [6.07, 6.45) is 0. The molecule has 0 bridgehead atoms. The van der Waals surface area contributed by atoms with Gasteiger partial charge in [0.1, 0.15) is 11.5 Å². The molecule has 1 rings (SSSR count). The number of hydrogen-bond donors (Lipinski definition) is 2. The summed E-state index contributed by atoms with van der Waals surface area (Å²) in [5, 5.41) is 18.9. The molecule has 0 heterocycles. The van der Waals surface area contributed by atoms with Crippen molar-refractivity contribution in [2.24, 2.45) is 0 Å². The van der Waals surface area contributed by atoms with Gasteiger partial charge in [-0.05, 0) is 31.7 Å². The minimum Gasteiger partial charge on any atom is -0.508 e. The molecular formula is C13H20N2O3. The minimum atomic E-state index is -0.0769. The molecule has 100 valence electrons. The molecule has 5 heteroatoms. The number of carbonyl (C=O) groups is 1. The molecule has 2 N–H and O–H groups in total. The fraction of sp³-hybridized carbons (Fsp3) is 0.462. The first-order valence-corrected chi connectivity index (χ1v) is 5.74. The van der Waals surface area contributed by atoms with Crippen LogP contribution in [0.4, 0.5) is 0 Å². The second-order valence-corrected chi connectivity index (χ2v) is 4.66. The van der Waals surface area contributed by atoms with E-state index in [1.54, 1.807) is 26.2 Å². The number of carbonyl (C=O) groups excluding carboxylic acids is 1. The SMILES string of the molecule is CC(c1cc(O)cc(O)c1)N(C)CC(=O)N(C)C. The Hall–Kier alpha value is -1.75. The minimum absolute atomic E-state index is 0.00808. The smallest absolute Gasteiger partial charge is 0.236 e. The number of benzene rings is 1. The maximum absolute atomic E-state index is 11.6. The van der Waals surface area contributed by atoms with Gasteiger partial charge >= 0.3 is 0 Å². The third-order valence-electron chi connectivity index (χ3n) is 2.95. The van der Waals surface area contributed by atoms with Crippen molar-refractivity contribution >= 4 is 5.91 Å². The first kappa shape index (κ1) is 14.3. The number of likely N-dealkylation sites (N-methyl/N-ethyl adjacent to an activating group) is 2. The van der Waals surface area contributed by atoms with Crippen LogP contribution in [0, 0.1) is 0 Å². The summed E-state index contributed by atoms with van der Waals surface area (Å²) in [7, 11) is 5.25. The van der Waals surface area contributed by atoms with E-state index in [1.165, 1.54) is 11.0 Å². The van der Waals surface area contributed by atoms with Crippen molar-refractivity contribution in [1.82, 2.24) is 9.80 Å². The molecule has 0 aliphatic heterocycles. The van der Waals surface area contributed by atoms with Gasteiger partial charge in [0.15, 0.2) is 0 Å². The number of phenols is 2. The van der Waals surface area contributed by atoms with E-state index in [0.717, 1.165) is 5.56 Å². The van der Waals surface area contributed by atoms with E-state index in [2.05, 4.69) is 0 Å². The Kier molecular flexibility index (Phi) is 4.55. The Balaban J connectivity index is 2.79. The van der Waals surface area contributed by atoms with Crippen LogP contribution in [0.1, 0.15) is 18.5 Å². The van der Waals surface area contributed by atoms with E-state index in [-0.39, 0.29) is 30.0 Å². The van der Waals surface area contributed by atoms with Crippen molar-refractivity contribution in [2.75, 3.05) is 27.7 Å². The maximum Gasteiger partial charge on any atom is 0.236 e. The van der Waals surface area contributed by atoms with Crippen LogP contribution in [-0.2, 0) is 4.79 Å². The normalized spacial score (nSPS) is 12.5. The molecule has 0 aromatic heterocycles. The second kappa shape index (κ2) is 5.73. The number of rotatable bonds is 4. The van der Waals surface area contributed by atoms with Gasteiger partial charge in [-0.15, -0.1) is 0 Å². The molecule has 1 aromatic carbocycles. The highest BCUT2D eigenvalue weighted by Gasteiger charge is 2.16. The van der Waals surface area contributed by atoms with E-state index in [9.17, 15) is 15.0 Å². The van der Waals surface area contributed by atoms with Gasteiger partial charge in [0, 0.05) is 26.2 Å². The van der Waals surface area contributed by atoms with Crippen molar-refractivity contribution in [3.8, 4) is 11.5 Å². The highest BCUT2D eigenvalue weighted by molar-refractivity contribution is 5.77.